The Hall–Kier alpha value is -2.31. The first-order chi connectivity index (χ1) is 6.77. The molecule has 0 fully saturated rings. The summed E-state index contributed by atoms with van der Waals surface area (Å²) in [5.41, 5.74) is 0. The van der Waals surface area contributed by atoms with Crippen LogP contribution in [0.5, 0.6) is 0 Å². The Morgan fingerprint density at radius 3 is 2.57 bits per heavy atom. The molecular formula is C7H5N5O2. The number of hydrogen-bond donors (Lipinski definition) is 1. The van der Waals surface area contributed by atoms with Gasteiger partial charge in [-0.05, 0) is 11.0 Å². The minimum atomic E-state index is -0.556. The maximum atomic E-state index is 10.3. The van der Waals surface area contributed by atoms with Crippen molar-refractivity contribution < 1.29 is 4.92 Å². The lowest BCUT2D eigenvalue weighted by molar-refractivity contribution is -0.389. The fourth-order valence-corrected chi connectivity index (χ4v) is 0.939. The Balaban J connectivity index is 2.39. The second-order valence-corrected chi connectivity index (χ2v) is 2.45. The fourth-order valence-electron chi connectivity index (χ4n) is 0.939. The van der Waals surface area contributed by atoms with Gasteiger partial charge in [-0.1, -0.05) is 0 Å². The number of aromatic amines is 1. The van der Waals surface area contributed by atoms with Gasteiger partial charge in [0.15, 0.2) is 0 Å². The third kappa shape index (κ3) is 1.42. The highest BCUT2D eigenvalue weighted by Crippen LogP contribution is 2.13. The van der Waals surface area contributed by atoms with Crippen LogP contribution >= 0.6 is 0 Å². The molecule has 0 unspecified atom stereocenters. The van der Waals surface area contributed by atoms with Crippen LogP contribution < -0.4 is 0 Å². The van der Waals surface area contributed by atoms with Gasteiger partial charge in [0, 0.05) is 12.4 Å². The van der Waals surface area contributed by atoms with Crippen molar-refractivity contribution in [1.82, 2.24) is 19.9 Å². The van der Waals surface area contributed by atoms with Crippen LogP contribution in [0.1, 0.15) is 0 Å². The molecule has 0 aliphatic carbocycles. The number of rotatable bonds is 2. The van der Waals surface area contributed by atoms with Crippen LogP contribution in [0.4, 0.5) is 5.82 Å². The number of H-pyrrole nitrogens is 1. The van der Waals surface area contributed by atoms with Crippen LogP contribution in [0.3, 0.4) is 0 Å². The second kappa shape index (κ2) is 3.21. The highest BCUT2D eigenvalue weighted by Gasteiger charge is 2.13. The van der Waals surface area contributed by atoms with E-state index in [0.29, 0.717) is 5.82 Å². The van der Waals surface area contributed by atoms with Gasteiger partial charge in [0.05, 0.1) is 0 Å². The summed E-state index contributed by atoms with van der Waals surface area (Å²) >= 11 is 0. The SMILES string of the molecule is O=[N+]([O-])c1cnc(-c2ncccn2)[nH]1. The normalized spacial score (nSPS) is 10.0. The fraction of sp³-hybridized carbons (Fsp3) is 0. The van der Waals surface area contributed by atoms with Gasteiger partial charge in [0.25, 0.3) is 5.82 Å². The predicted molar refractivity (Wildman–Crippen MR) is 46.3 cm³/mol. The van der Waals surface area contributed by atoms with Gasteiger partial charge in [-0.3, -0.25) is 0 Å². The Morgan fingerprint density at radius 2 is 2.00 bits per heavy atom. The van der Waals surface area contributed by atoms with Crippen molar-refractivity contribution in [3.05, 3.63) is 34.8 Å². The lowest BCUT2D eigenvalue weighted by atomic mass is 10.5. The molecule has 0 radical (unpaired) electrons. The van der Waals surface area contributed by atoms with Crippen molar-refractivity contribution in [2.75, 3.05) is 0 Å². The summed E-state index contributed by atoms with van der Waals surface area (Å²) in [6.07, 6.45) is 4.21. The lowest BCUT2D eigenvalue weighted by Crippen LogP contribution is -1.90. The minimum Gasteiger partial charge on any atom is -0.358 e. The molecule has 0 aliphatic heterocycles. The summed E-state index contributed by atoms with van der Waals surface area (Å²) in [5.74, 6) is 0.449. The Bertz CT molecular complexity index is 452. The Morgan fingerprint density at radius 1 is 1.29 bits per heavy atom. The highest BCUT2D eigenvalue weighted by molar-refractivity contribution is 5.44. The lowest BCUT2D eigenvalue weighted by Gasteiger charge is -1.89. The van der Waals surface area contributed by atoms with Crippen LogP contribution in [0.2, 0.25) is 0 Å². The van der Waals surface area contributed by atoms with Crippen molar-refractivity contribution in [2.24, 2.45) is 0 Å². The third-order valence-electron chi connectivity index (χ3n) is 1.54. The van der Waals surface area contributed by atoms with Gasteiger partial charge < -0.3 is 10.1 Å². The number of aromatic nitrogens is 4. The van der Waals surface area contributed by atoms with Gasteiger partial charge in [0.1, 0.15) is 6.20 Å². The molecule has 2 rings (SSSR count). The van der Waals surface area contributed by atoms with Crippen molar-refractivity contribution in [3.8, 4) is 11.6 Å². The number of imidazole rings is 1. The van der Waals surface area contributed by atoms with Gasteiger partial charge >= 0.3 is 5.82 Å². The summed E-state index contributed by atoms with van der Waals surface area (Å²) in [6.45, 7) is 0. The first-order valence-corrected chi connectivity index (χ1v) is 3.74. The Kier molecular flexibility index (Phi) is 1.90. The van der Waals surface area contributed by atoms with E-state index in [1.54, 1.807) is 6.07 Å². The van der Waals surface area contributed by atoms with E-state index in [1.807, 2.05) is 0 Å². The zero-order valence-electron chi connectivity index (χ0n) is 6.91. The maximum absolute atomic E-state index is 10.3. The van der Waals surface area contributed by atoms with Gasteiger partial charge in [-0.2, -0.15) is 0 Å². The molecule has 0 atom stereocenters. The van der Waals surface area contributed by atoms with Crippen LogP contribution in [0, 0.1) is 10.1 Å². The smallest absolute Gasteiger partial charge is 0.341 e. The van der Waals surface area contributed by atoms with Crippen molar-refractivity contribution in [3.63, 3.8) is 0 Å². The van der Waals surface area contributed by atoms with Crippen LogP contribution in [-0.4, -0.2) is 24.9 Å². The topological polar surface area (TPSA) is 97.6 Å². The van der Waals surface area contributed by atoms with Crippen molar-refractivity contribution in [1.29, 1.82) is 0 Å². The van der Waals surface area contributed by atoms with Crippen LogP contribution in [0.15, 0.2) is 24.7 Å². The van der Waals surface area contributed by atoms with E-state index >= 15 is 0 Å². The molecule has 0 spiro atoms. The maximum Gasteiger partial charge on any atom is 0.341 e. The molecule has 0 saturated carbocycles. The molecule has 0 bridgehead atoms. The van der Waals surface area contributed by atoms with E-state index in [0.717, 1.165) is 6.20 Å². The Labute approximate surface area is 78.0 Å². The largest absolute Gasteiger partial charge is 0.358 e. The van der Waals surface area contributed by atoms with Gasteiger partial charge in [0.2, 0.25) is 5.82 Å². The summed E-state index contributed by atoms with van der Waals surface area (Å²) in [6, 6.07) is 1.65. The van der Waals surface area contributed by atoms with E-state index in [4.69, 9.17) is 0 Å². The first-order valence-electron chi connectivity index (χ1n) is 3.74. The summed E-state index contributed by atoms with van der Waals surface area (Å²) in [7, 11) is 0. The van der Waals surface area contributed by atoms with E-state index in [1.165, 1.54) is 12.4 Å². The molecule has 0 aromatic carbocycles. The van der Waals surface area contributed by atoms with Crippen molar-refractivity contribution >= 4 is 5.82 Å². The van der Waals surface area contributed by atoms with Crippen LogP contribution in [-0.2, 0) is 0 Å². The number of hydrogen-bond acceptors (Lipinski definition) is 5. The molecule has 0 saturated heterocycles. The molecule has 2 aromatic heterocycles. The molecule has 2 heterocycles. The molecule has 7 heteroatoms. The third-order valence-corrected chi connectivity index (χ3v) is 1.54. The monoisotopic (exact) mass is 191 g/mol. The molecule has 1 N–H and O–H groups in total. The quantitative estimate of drug-likeness (QED) is 0.558. The molecule has 70 valence electrons. The van der Waals surface area contributed by atoms with Crippen LogP contribution in [0.25, 0.3) is 11.6 Å². The zero-order valence-corrected chi connectivity index (χ0v) is 6.91. The molecule has 14 heavy (non-hydrogen) atoms. The minimum absolute atomic E-state index is 0.174. The molecule has 7 nitrogen and oxygen atoms in total. The van der Waals surface area contributed by atoms with E-state index < -0.39 is 4.92 Å². The molecule has 2 aromatic rings. The summed E-state index contributed by atoms with van der Waals surface area (Å²) in [5, 5.41) is 10.3. The predicted octanol–water partition coefficient (Wildman–Crippen LogP) is 0.775. The summed E-state index contributed by atoms with van der Waals surface area (Å²) < 4.78 is 0. The van der Waals surface area contributed by atoms with Gasteiger partial charge in [-0.25, -0.2) is 19.9 Å². The summed E-state index contributed by atoms with van der Waals surface area (Å²) in [4.78, 5) is 23.9. The van der Waals surface area contributed by atoms with Crippen molar-refractivity contribution in [2.45, 2.75) is 0 Å². The number of nitrogens with one attached hydrogen (secondary N) is 1. The van der Waals surface area contributed by atoms with E-state index in [-0.39, 0.29) is 11.6 Å². The highest BCUT2D eigenvalue weighted by atomic mass is 16.6. The number of nitro groups is 1. The second-order valence-electron chi connectivity index (χ2n) is 2.45. The average Bonchev–Trinajstić information content (AvgIpc) is 2.68. The van der Waals surface area contributed by atoms with E-state index in [9.17, 15) is 10.1 Å². The van der Waals surface area contributed by atoms with Gasteiger partial charge in [-0.15, -0.1) is 0 Å². The average molecular weight is 191 g/mol. The standard InChI is InChI=1S/C7H5N5O2/c13-12(14)5-4-10-7(11-5)6-8-2-1-3-9-6/h1-4H,(H,10,11). The molecular weight excluding hydrogens is 186 g/mol. The molecule has 0 aliphatic rings. The zero-order chi connectivity index (χ0) is 9.97. The van der Waals surface area contributed by atoms with E-state index in [2.05, 4.69) is 19.9 Å². The number of nitrogens with zero attached hydrogens (tertiary/aromatic N) is 4. The molecule has 0 amide bonds. The first kappa shape index (κ1) is 8.30.